The number of fused-ring (bicyclic) bond motifs is 1. The second-order valence-corrected chi connectivity index (χ2v) is 8.53. The summed E-state index contributed by atoms with van der Waals surface area (Å²) in [5, 5.41) is 3.28. The topological polar surface area (TPSA) is 58.4 Å². The smallest absolute Gasteiger partial charge is 0.318 e. The molecule has 5 heteroatoms. The van der Waals surface area contributed by atoms with E-state index in [1.165, 1.54) is 24.1 Å². The number of carbonyl (C=O) groups excluding carboxylic acids is 1. The maximum atomic E-state index is 13.5. The van der Waals surface area contributed by atoms with Crippen LogP contribution in [0.3, 0.4) is 0 Å². The SMILES string of the molecule is N[C@H]1C[C@H](NC(=O)N2CCc3ccccc3[C@@H]2c2ccc(F)cc2)C12CCC2. The summed E-state index contributed by atoms with van der Waals surface area (Å²) in [6.07, 6.45) is 5.12. The number of halogens is 1. The van der Waals surface area contributed by atoms with Crippen molar-refractivity contribution in [1.82, 2.24) is 10.2 Å². The summed E-state index contributed by atoms with van der Waals surface area (Å²) in [5.74, 6) is -0.265. The molecule has 2 fully saturated rings. The van der Waals surface area contributed by atoms with Crippen molar-refractivity contribution in [3.05, 3.63) is 71.0 Å². The van der Waals surface area contributed by atoms with Crippen molar-refractivity contribution in [2.75, 3.05) is 6.54 Å². The molecule has 0 aromatic heterocycles. The van der Waals surface area contributed by atoms with Gasteiger partial charge in [0.2, 0.25) is 0 Å². The molecular weight excluding hydrogens is 353 g/mol. The van der Waals surface area contributed by atoms with Gasteiger partial charge < -0.3 is 16.0 Å². The van der Waals surface area contributed by atoms with Gasteiger partial charge in [0.15, 0.2) is 0 Å². The lowest BCUT2D eigenvalue weighted by Crippen LogP contribution is -2.70. The van der Waals surface area contributed by atoms with Crippen LogP contribution in [-0.2, 0) is 6.42 Å². The maximum absolute atomic E-state index is 13.5. The third-order valence-corrected chi connectivity index (χ3v) is 7.23. The molecule has 0 unspecified atom stereocenters. The number of nitrogens with two attached hydrogens (primary N) is 1. The fourth-order valence-corrected chi connectivity index (χ4v) is 5.35. The Balaban J connectivity index is 1.44. The van der Waals surface area contributed by atoms with Gasteiger partial charge in [-0.15, -0.1) is 0 Å². The molecule has 3 atom stereocenters. The second kappa shape index (κ2) is 6.59. The summed E-state index contributed by atoms with van der Waals surface area (Å²) >= 11 is 0. The first-order valence-electron chi connectivity index (χ1n) is 10.2. The normalized spacial score (nSPS) is 27.5. The predicted molar refractivity (Wildman–Crippen MR) is 106 cm³/mol. The van der Waals surface area contributed by atoms with Crippen molar-refractivity contribution in [3.8, 4) is 0 Å². The predicted octanol–water partition coefficient (Wildman–Crippen LogP) is 3.75. The minimum Gasteiger partial charge on any atom is -0.335 e. The summed E-state index contributed by atoms with van der Waals surface area (Å²) in [6, 6.07) is 14.9. The quantitative estimate of drug-likeness (QED) is 0.835. The average Bonchev–Trinajstić information content (AvgIpc) is 2.66. The molecule has 3 aliphatic rings. The van der Waals surface area contributed by atoms with Crippen molar-refractivity contribution in [2.45, 2.75) is 50.2 Å². The molecule has 28 heavy (non-hydrogen) atoms. The van der Waals surface area contributed by atoms with E-state index in [2.05, 4.69) is 17.4 Å². The van der Waals surface area contributed by atoms with Crippen molar-refractivity contribution >= 4 is 6.03 Å². The molecule has 0 saturated heterocycles. The molecular formula is C23H26FN3O. The number of amides is 2. The Morgan fingerprint density at radius 3 is 2.57 bits per heavy atom. The highest BCUT2D eigenvalue weighted by Crippen LogP contribution is 2.55. The van der Waals surface area contributed by atoms with Crippen LogP contribution in [0, 0.1) is 11.2 Å². The van der Waals surface area contributed by atoms with E-state index in [9.17, 15) is 9.18 Å². The number of urea groups is 1. The van der Waals surface area contributed by atoms with Crippen molar-refractivity contribution in [1.29, 1.82) is 0 Å². The first kappa shape index (κ1) is 17.7. The Bertz CT molecular complexity index is 893. The lowest BCUT2D eigenvalue weighted by atomic mass is 9.50. The van der Waals surface area contributed by atoms with Gasteiger partial charge >= 0.3 is 6.03 Å². The van der Waals surface area contributed by atoms with E-state index >= 15 is 0 Å². The third kappa shape index (κ3) is 2.64. The summed E-state index contributed by atoms with van der Waals surface area (Å²) in [7, 11) is 0. The number of nitrogens with one attached hydrogen (secondary N) is 1. The van der Waals surface area contributed by atoms with Gasteiger partial charge in [0, 0.05) is 24.0 Å². The Morgan fingerprint density at radius 2 is 1.89 bits per heavy atom. The fraction of sp³-hybridized carbons (Fsp3) is 0.435. The molecule has 3 N–H and O–H groups in total. The van der Waals surface area contributed by atoms with Gasteiger partial charge in [-0.2, -0.15) is 0 Å². The molecule has 2 aliphatic carbocycles. The van der Waals surface area contributed by atoms with E-state index in [1.807, 2.05) is 17.0 Å². The fourth-order valence-electron chi connectivity index (χ4n) is 5.35. The molecule has 2 amide bonds. The van der Waals surface area contributed by atoms with E-state index in [4.69, 9.17) is 5.73 Å². The van der Waals surface area contributed by atoms with Crippen molar-refractivity contribution < 1.29 is 9.18 Å². The molecule has 2 saturated carbocycles. The molecule has 1 aliphatic heterocycles. The van der Waals surface area contributed by atoms with Gasteiger partial charge in [0.1, 0.15) is 5.82 Å². The maximum Gasteiger partial charge on any atom is 0.318 e. The number of nitrogens with zero attached hydrogens (tertiary/aromatic N) is 1. The number of rotatable bonds is 2. The third-order valence-electron chi connectivity index (χ3n) is 7.23. The molecule has 1 heterocycles. The monoisotopic (exact) mass is 379 g/mol. The van der Waals surface area contributed by atoms with E-state index in [0.717, 1.165) is 36.8 Å². The largest absolute Gasteiger partial charge is 0.335 e. The summed E-state index contributed by atoms with van der Waals surface area (Å²) in [4.78, 5) is 15.2. The standard InChI is InChI=1S/C23H26FN3O/c24-17-8-6-16(7-9-17)21-18-5-2-1-4-15(18)10-13-27(21)22(28)26-20-14-19(25)23(20)11-3-12-23/h1-2,4-9,19-21H,3,10-14,25H2,(H,26,28)/t19-,20-,21-/m0/s1. The molecule has 2 aromatic carbocycles. The number of carbonyl (C=O) groups is 1. The lowest BCUT2D eigenvalue weighted by molar-refractivity contribution is -0.0389. The minimum atomic E-state index is -0.265. The molecule has 5 rings (SSSR count). The highest BCUT2D eigenvalue weighted by Gasteiger charge is 2.57. The molecule has 146 valence electrons. The van der Waals surface area contributed by atoms with Gasteiger partial charge in [-0.3, -0.25) is 0 Å². The number of hydrogen-bond acceptors (Lipinski definition) is 2. The first-order valence-corrected chi connectivity index (χ1v) is 10.2. The van der Waals surface area contributed by atoms with Crippen LogP contribution in [0.1, 0.15) is 48.4 Å². The van der Waals surface area contributed by atoms with E-state index in [-0.39, 0.29) is 35.4 Å². The zero-order valence-corrected chi connectivity index (χ0v) is 15.9. The Hall–Kier alpha value is -2.40. The molecule has 4 nitrogen and oxygen atoms in total. The van der Waals surface area contributed by atoms with E-state index < -0.39 is 0 Å². The second-order valence-electron chi connectivity index (χ2n) is 8.53. The summed E-state index contributed by atoms with van der Waals surface area (Å²) in [5.41, 5.74) is 9.69. The Labute approximate surface area is 164 Å². The first-order chi connectivity index (χ1) is 13.6. The van der Waals surface area contributed by atoms with Crippen molar-refractivity contribution in [2.24, 2.45) is 11.1 Å². The lowest BCUT2D eigenvalue weighted by Gasteiger charge is -2.60. The van der Waals surface area contributed by atoms with Gasteiger partial charge in [-0.25, -0.2) is 9.18 Å². The molecule has 1 spiro atoms. The summed E-state index contributed by atoms with van der Waals surface area (Å²) in [6.45, 7) is 0.649. The van der Waals surface area contributed by atoms with Gasteiger partial charge in [0.05, 0.1) is 6.04 Å². The van der Waals surface area contributed by atoms with Crippen LogP contribution in [0.25, 0.3) is 0 Å². The van der Waals surface area contributed by atoms with Crippen LogP contribution in [0.5, 0.6) is 0 Å². The minimum absolute atomic E-state index is 0.0352. The van der Waals surface area contributed by atoms with Gasteiger partial charge in [-0.1, -0.05) is 42.8 Å². The van der Waals surface area contributed by atoms with Gasteiger partial charge in [0.25, 0.3) is 0 Å². The number of hydrogen-bond donors (Lipinski definition) is 2. The summed E-state index contributed by atoms with van der Waals surface area (Å²) < 4.78 is 13.5. The van der Waals surface area contributed by atoms with Crippen LogP contribution in [0.4, 0.5) is 9.18 Å². The zero-order valence-electron chi connectivity index (χ0n) is 15.9. The van der Waals surface area contributed by atoms with Crippen molar-refractivity contribution in [3.63, 3.8) is 0 Å². The Kier molecular flexibility index (Phi) is 4.16. The van der Waals surface area contributed by atoms with Gasteiger partial charge in [-0.05, 0) is 54.5 Å². The highest BCUT2D eigenvalue weighted by molar-refractivity contribution is 5.76. The molecule has 0 bridgehead atoms. The molecule has 0 radical (unpaired) electrons. The van der Waals surface area contributed by atoms with Crippen LogP contribution in [0.15, 0.2) is 48.5 Å². The van der Waals surface area contributed by atoms with Crippen LogP contribution in [-0.4, -0.2) is 29.6 Å². The van der Waals surface area contributed by atoms with Crippen LogP contribution < -0.4 is 11.1 Å². The zero-order chi connectivity index (χ0) is 19.3. The highest BCUT2D eigenvalue weighted by atomic mass is 19.1. The average molecular weight is 379 g/mol. The number of benzene rings is 2. The molecule has 2 aromatic rings. The van der Waals surface area contributed by atoms with Crippen LogP contribution >= 0.6 is 0 Å². The van der Waals surface area contributed by atoms with E-state index in [1.54, 1.807) is 12.1 Å². The van der Waals surface area contributed by atoms with Crippen LogP contribution in [0.2, 0.25) is 0 Å². The Morgan fingerprint density at radius 1 is 1.14 bits per heavy atom. The van der Waals surface area contributed by atoms with E-state index in [0.29, 0.717) is 6.54 Å².